The second-order valence-corrected chi connectivity index (χ2v) is 28.5. The molecule has 107 heavy (non-hydrogen) atoms. The van der Waals surface area contributed by atoms with Crippen LogP contribution in [0.5, 0.6) is 23.0 Å². The van der Waals surface area contributed by atoms with E-state index in [2.05, 4.69) is 116 Å². The van der Waals surface area contributed by atoms with Crippen LogP contribution >= 0.6 is 72.3 Å². The fourth-order valence-electron chi connectivity index (χ4n) is 9.37. The predicted octanol–water partition coefficient (Wildman–Crippen LogP) is 22.0. The van der Waals surface area contributed by atoms with Crippen molar-refractivity contribution >= 4 is 118 Å². The van der Waals surface area contributed by atoms with Gasteiger partial charge in [0.05, 0.1) is 0 Å². The van der Waals surface area contributed by atoms with Crippen molar-refractivity contribution < 1.29 is 47.7 Å². The quantitative estimate of drug-likeness (QED) is 0.0151. The lowest BCUT2D eigenvalue weighted by Crippen LogP contribution is -2.06. The topological polar surface area (TPSA) is 139 Å². The molecule has 0 heterocycles. The number of esters is 4. The van der Waals surface area contributed by atoms with Gasteiger partial charge in [0.15, 0.2) is 11.6 Å². The molecule has 1 aliphatic rings. The molecule has 16 heteroatoms. The maximum absolute atomic E-state index is 13.2. The average molecular weight is 1510 g/mol. The van der Waals surface area contributed by atoms with E-state index in [9.17, 15) is 28.8 Å². The van der Waals surface area contributed by atoms with Gasteiger partial charge in [-0.05, 0) is 248 Å². The molecule has 0 amide bonds. The highest BCUT2D eigenvalue weighted by Gasteiger charge is 2.16. The summed E-state index contributed by atoms with van der Waals surface area (Å²) in [6.45, 7) is 1.84. The number of hydrogen-bond acceptors (Lipinski definition) is 16. The lowest BCUT2D eigenvalue weighted by molar-refractivity contribution is -0.129. The van der Waals surface area contributed by atoms with Crippen molar-refractivity contribution in [3.05, 3.63) is 372 Å². The Morgan fingerprint density at radius 2 is 0.626 bits per heavy atom. The Morgan fingerprint density at radius 3 is 0.972 bits per heavy atom. The molecule has 1 saturated carbocycles. The van der Waals surface area contributed by atoms with E-state index in [4.69, 9.17) is 18.9 Å². The number of thiol groups is 2. The Kier molecular flexibility index (Phi) is 30.2. The number of carbonyl (C=O) groups is 6. The first-order valence-corrected chi connectivity index (χ1v) is 38.1. The van der Waals surface area contributed by atoms with Crippen LogP contribution in [-0.2, 0) is 19.2 Å². The molecule has 0 aliphatic heterocycles. The number of hydrogen-bond donors (Lipinski definition) is 2. The van der Waals surface area contributed by atoms with E-state index in [1.165, 1.54) is 87.0 Å². The van der Waals surface area contributed by atoms with E-state index < -0.39 is 23.9 Å². The summed E-state index contributed by atoms with van der Waals surface area (Å²) in [7, 11) is 0. The largest absolute Gasteiger partial charge is 0.423 e. The molecule has 0 N–H and O–H groups in total. The van der Waals surface area contributed by atoms with Gasteiger partial charge in [-0.1, -0.05) is 163 Å². The van der Waals surface area contributed by atoms with Crippen LogP contribution in [0.2, 0.25) is 0 Å². The highest BCUT2D eigenvalue weighted by molar-refractivity contribution is 8.08. The minimum absolute atomic E-state index is 0.221. The van der Waals surface area contributed by atoms with Crippen molar-refractivity contribution in [2.45, 2.75) is 65.4 Å². The number of carbonyl (C=O) groups excluding carboxylic acids is 6. The summed E-state index contributed by atoms with van der Waals surface area (Å²) < 4.78 is 21.5. The van der Waals surface area contributed by atoms with Gasteiger partial charge >= 0.3 is 23.9 Å². The van der Waals surface area contributed by atoms with Gasteiger partial charge in [-0.3, -0.25) is 9.59 Å². The van der Waals surface area contributed by atoms with Crippen LogP contribution in [-0.4, -0.2) is 41.7 Å². The number of rotatable bonds is 19. The van der Waals surface area contributed by atoms with E-state index in [0.29, 0.717) is 44.9 Å². The third kappa shape index (κ3) is 26.9. The van der Waals surface area contributed by atoms with Gasteiger partial charge in [0.1, 0.15) is 23.0 Å². The zero-order valence-corrected chi connectivity index (χ0v) is 63.0. The maximum atomic E-state index is 13.2. The highest BCUT2D eigenvalue weighted by atomic mass is 32.2. The molecule has 0 saturated heterocycles. The van der Waals surface area contributed by atoms with Gasteiger partial charge in [-0.2, -0.15) is 0 Å². The Balaban J connectivity index is 0.000000193. The molecule has 0 spiro atoms. The zero-order chi connectivity index (χ0) is 75.0. The van der Waals surface area contributed by atoms with E-state index in [1.807, 2.05) is 140 Å². The summed E-state index contributed by atoms with van der Waals surface area (Å²) in [5, 5.41) is 0. The standard InChI is InChI=1S/C45H34O5S3.C31H18O5.C12H10S3.C3H6/c1-31(32-9-5-3-6-10-32)29-43(46)49-36-17-13-34(14-18-36)45(48)35-15-19-37(20-16-35)50-44(47)30-42(33-11-7-4-8-12-33)53-41-27-25-40(26-28-41)52-39-23-21-38(51-2)22-24-39;32-29(21-11-23-7-3-1-4-8-23)35-27-17-13-25(14-18-27)31(34)26-15-19-28(20-16-26)36-30(33)22-12-24-9-5-2-6-10-24;13-9-1-5-11(6-2-9)15-12-7-3-10(14)4-8-12;1-2-3-1/h3-30H,1-2H3;1-10,13-20H;1-8,13-14H;1-3H2. The summed E-state index contributed by atoms with van der Waals surface area (Å²) in [6.07, 6.45) is 9.49. The molecule has 0 unspecified atom stereocenters. The monoisotopic (exact) mass is 1510 g/mol. The molecule has 0 atom stereocenters. The number of thioether (sulfide) groups is 2. The second kappa shape index (κ2) is 41.3. The number of allylic oxidation sites excluding steroid dienone is 1. The summed E-state index contributed by atoms with van der Waals surface area (Å²) in [6, 6.07) is 95.6. The lowest BCUT2D eigenvalue weighted by Gasteiger charge is -2.10. The molecule has 528 valence electrons. The third-order valence-electron chi connectivity index (χ3n) is 15.0. The van der Waals surface area contributed by atoms with Crippen LogP contribution in [0.4, 0.5) is 0 Å². The van der Waals surface area contributed by atoms with Crippen LogP contribution in [0.1, 0.15) is 80.3 Å². The molecule has 12 aromatic carbocycles. The van der Waals surface area contributed by atoms with Crippen LogP contribution < -0.4 is 18.9 Å². The predicted molar refractivity (Wildman–Crippen MR) is 436 cm³/mol. The number of ketones is 2. The minimum atomic E-state index is -0.698. The maximum Gasteiger partial charge on any atom is 0.390 e. The Bertz CT molecular complexity index is 4990. The molecule has 1 aliphatic carbocycles. The van der Waals surface area contributed by atoms with E-state index in [0.717, 1.165) is 41.2 Å². The van der Waals surface area contributed by atoms with Crippen LogP contribution in [0.15, 0.2) is 367 Å². The fraction of sp³-hybridized carbons (Fsp3) is 0.0549. The first-order chi connectivity index (χ1) is 52.1. The second-order valence-electron chi connectivity index (χ2n) is 23.2. The van der Waals surface area contributed by atoms with Crippen molar-refractivity contribution in [2.24, 2.45) is 0 Å². The summed E-state index contributed by atoms with van der Waals surface area (Å²) >= 11 is 15.1. The smallest absolute Gasteiger partial charge is 0.390 e. The molecule has 10 nitrogen and oxygen atoms in total. The molecular weight excluding hydrogens is 1450 g/mol. The Labute approximate surface area is 651 Å². The molecule has 0 radical (unpaired) electrons. The molecule has 0 aromatic heterocycles. The van der Waals surface area contributed by atoms with Gasteiger partial charge in [-0.25, -0.2) is 19.2 Å². The molecule has 12 aromatic rings. The Hall–Kier alpha value is -11.4. The third-order valence-corrected chi connectivity index (χ3v) is 19.4. The molecule has 0 bridgehead atoms. The van der Waals surface area contributed by atoms with Gasteiger partial charge in [-0.15, -0.1) is 37.0 Å². The van der Waals surface area contributed by atoms with Crippen molar-refractivity contribution in [3.63, 3.8) is 0 Å². The highest BCUT2D eigenvalue weighted by Crippen LogP contribution is 2.37. The van der Waals surface area contributed by atoms with Crippen LogP contribution in [0.25, 0.3) is 10.5 Å². The normalized spacial score (nSPS) is 11.0. The first kappa shape index (κ1) is 78.2. The van der Waals surface area contributed by atoms with Crippen LogP contribution in [0, 0.1) is 23.7 Å². The van der Waals surface area contributed by atoms with Gasteiger partial charge in [0, 0.05) is 101 Å². The number of ether oxygens (including phenoxy) is 4. The first-order valence-electron chi connectivity index (χ1n) is 33.5. The molecule has 13 rings (SSSR count). The SMILES string of the molecule is C1CC1.CSc1ccc(Sc2ccc(SC(=CC(=O)Oc3ccc(C(=O)c4ccc(OC(=O)C=C(C)c5ccccc5)cc4)cc3)c3ccccc3)cc2)cc1.O=C(C#Cc1ccccc1)Oc1ccc(C(=O)c2ccc(OC(=O)C#Cc3ccccc3)cc2)cc1.Sc1ccc(Sc2ccc(S)cc2)cc1. The molecule has 1 fully saturated rings. The van der Waals surface area contributed by atoms with Crippen molar-refractivity contribution in [3.8, 4) is 46.7 Å². The minimum Gasteiger partial charge on any atom is -0.423 e. The summed E-state index contributed by atoms with van der Waals surface area (Å²) in [5.74, 6) is 8.61. The van der Waals surface area contributed by atoms with Crippen molar-refractivity contribution in [2.75, 3.05) is 6.26 Å². The Morgan fingerprint density at radius 1 is 0.327 bits per heavy atom. The van der Waals surface area contributed by atoms with E-state index >= 15 is 0 Å². The van der Waals surface area contributed by atoms with E-state index in [-0.39, 0.29) is 23.1 Å². The number of benzene rings is 12. The van der Waals surface area contributed by atoms with Crippen molar-refractivity contribution in [1.29, 1.82) is 0 Å². The van der Waals surface area contributed by atoms with Gasteiger partial charge in [0.2, 0.25) is 0 Å². The zero-order valence-electron chi connectivity index (χ0n) is 57.9. The van der Waals surface area contributed by atoms with Crippen LogP contribution in [0.3, 0.4) is 0 Å². The fourth-order valence-corrected chi connectivity index (χ4v) is 12.6. The molecular formula is C91H68O10S6. The van der Waals surface area contributed by atoms with Gasteiger partial charge < -0.3 is 18.9 Å². The summed E-state index contributed by atoms with van der Waals surface area (Å²) in [4.78, 5) is 85.1. The van der Waals surface area contributed by atoms with Gasteiger partial charge in [0.25, 0.3) is 0 Å². The lowest BCUT2D eigenvalue weighted by atomic mass is 10.0. The average Bonchev–Trinajstić information content (AvgIpc) is 1.53. The summed E-state index contributed by atoms with van der Waals surface area (Å²) in [5.41, 5.74) is 5.68. The van der Waals surface area contributed by atoms with Crippen molar-refractivity contribution in [1.82, 2.24) is 0 Å². The van der Waals surface area contributed by atoms with E-state index in [1.54, 1.807) is 132 Å².